The third-order valence-corrected chi connectivity index (χ3v) is 6.94. The molecule has 6 heteroatoms. The molecule has 1 fully saturated rings. The predicted octanol–water partition coefficient (Wildman–Crippen LogP) is 3.58. The van der Waals surface area contributed by atoms with Crippen LogP contribution >= 0.6 is 0 Å². The van der Waals surface area contributed by atoms with Crippen molar-refractivity contribution >= 4 is 15.9 Å². The van der Waals surface area contributed by atoms with Crippen molar-refractivity contribution in [3.05, 3.63) is 64.7 Å². The molecular formula is C21H26N2O3S. The van der Waals surface area contributed by atoms with Crippen molar-refractivity contribution in [1.82, 2.24) is 9.62 Å². The van der Waals surface area contributed by atoms with Crippen molar-refractivity contribution in [3.63, 3.8) is 0 Å². The van der Waals surface area contributed by atoms with Gasteiger partial charge in [-0.1, -0.05) is 29.8 Å². The van der Waals surface area contributed by atoms with Gasteiger partial charge in [0, 0.05) is 18.7 Å². The number of benzene rings is 2. The van der Waals surface area contributed by atoms with E-state index in [-0.39, 0.29) is 16.8 Å². The molecule has 144 valence electrons. The number of carbonyl (C=O) groups is 1. The molecule has 0 aromatic heterocycles. The largest absolute Gasteiger partial charge is 0.346 e. The lowest BCUT2D eigenvalue weighted by molar-refractivity contribution is 0.0939. The van der Waals surface area contributed by atoms with Gasteiger partial charge in [0.05, 0.1) is 10.9 Å². The van der Waals surface area contributed by atoms with Crippen molar-refractivity contribution in [2.24, 2.45) is 0 Å². The summed E-state index contributed by atoms with van der Waals surface area (Å²) in [6.45, 7) is 7.06. The highest BCUT2D eigenvalue weighted by Crippen LogP contribution is 2.23. The van der Waals surface area contributed by atoms with Crippen LogP contribution in [0.25, 0.3) is 0 Å². The van der Waals surface area contributed by atoms with Crippen molar-refractivity contribution in [2.45, 2.75) is 44.6 Å². The molecule has 1 atom stereocenters. The third kappa shape index (κ3) is 4.22. The summed E-state index contributed by atoms with van der Waals surface area (Å²) in [4.78, 5) is 12.9. The molecule has 3 rings (SSSR count). The van der Waals surface area contributed by atoms with Gasteiger partial charge in [0.1, 0.15) is 0 Å². The van der Waals surface area contributed by atoms with E-state index < -0.39 is 10.0 Å². The first-order valence-corrected chi connectivity index (χ1v) is 10.7. The average molecular weight is 387 g/mol. The molecule has 1 heterocycles. The number of rotatable bonds is 5. The van der Waals surface area contributed by atoms with Gasteiger partial charge >= 0.3 is 0 Å². The predicted molar refractivity (Wildman–Crippen MR) is 106 cm³/mol. The van der Waals surface area contributed by atoms with E-state index in [0.717, 1.165) is 29.5 Å². The minimum Gasteiger partial charge on any atom is -0.346 e. The SMILES string of the molecule is Cc1ccc(C)c(C(C)NC(=O)c2cccc(S(=O)(=O)N3CCCC3)c2)c1. The smallest absolute Gasteiger partial charge is 0.251 e. The molecule has 1 N–H and O–H groups in total. The number of nitrogens with zero attached hydrogens (tertiary/aromatic N) is 1. The fraction of sp³-hybridized carbons (Fsp3) is 0.381. The first-order valence-electron chi connectivity index (χ1n) is 9.27. The second-order valence-electron chi connectivity index (χ2n) is 7.19. The van der Waals surface area contributed by atoms with Crippen LogP contribution in [-0.2, 0) is 10.0 Å². The maximum Gasteiger partial charge on any atom is 0.251 e. The molecule has 0 spiro atoms. The van der Waals surface area contributed by atoms with Crippen LogP contribution in [0.15, 0.2) is 47.4 Å². The van der Waals surface area contributed by atoms with Crippen LogP contribution in [0.1, 0.15) is 52.9 Å². The lowest BCUT2D eigenvalue weighted by Gasteiger charge is -2.18. The highest BCUT2D eigenvalue weighted by Gasteiger charge is 2.27. The summed E-state index contributed by atoms with van der Waals surface area (Å²) >= 11 is 0. The van der Waals surface area contributed by atoms with E-state index in [1.165, 1.54) is 10.4 Å². The van der Waals surface area contributed by atoms with E-state index in [9.17, 15) is 13.2 Å². The Balaban J connectivity index is 1.80. The number of aryl methyl sites for hydroxylation is 2. The summed E-state index contributed by atoms with van der Waals surface area (Å²) in [5.41, 5.74) is 3.66. The average Bonchev–Trinajstić information content (AvgIpc) is 3.19. The molecule has 27 heavy (non-hydrogen) atoms. The van der Waals surface area contributed by atoms with E-state index in [4.69, 9.17) is 0 Å². The second kappa shape index (κ2) is 7.82. The summed E-state index contributed by atoms with van der Waals surface area (Å²) < 4.78 is 26.9. The fourth-order valence-electron chi connectivity index (χ4n) is 3.46. The quantitative estimate of drug-likeness (QED) is 0.854. The molecule has 1 saturated heterocycles. The monoisotopic (exact) mass is 386 g/mol. The number of hydrogen-bond acceptors (Lipinski definition) is 3. The summed E-state index contributed by atoms with van der Waals surface area (Å²) in [6, 6.07) is 12.3. The van der Waals surface area contributed by atoms with Crippen molar-refractivity contribution < 1.29 is 13.2 Å². The number of hydrogen-bond donors (Lipinski definition) is 1. The van der Waals surface area contributed by atoms with Gasteiger partial charge in [0.2, 0.25) is 10.0 Å². The van der Waals surface area contributed by atoms with E-state index in [1.807, 2.05) is 32.9 Å². The highest BCUT2D eigenvalue weighted by molar-refractivity contribution is 7.89. The van der Waals surface area contributed by atoms with Crippen LogP contribution < -0.4 is 5.32 Å². The van der Waals surface area contributed by atoms with Crippen LogP contribution in [0.5, 0.6) is 0 Å². The summed E-state index contributed by atoms with van der Waals surface area (Å²) in [5.74, 6) is -0.276. The maximum absolute atomic E-state index is 12.7. The van der Waals surface area contributed by atoms with Gasteiger partial charge in [-0.3, -0.25) is 4.79 Å². The number of amides is 1. The lowest BCUT2D eigenvalue weighted by atomic mass is 10.00. The minimum absolute atomic E-state index is 0.170. The Labute approximate surface area is 161 Å². The zero-order chi connectivity index (χ0) is 19.6. The first-order chi connectivity index (χ1) is 12.8. The van der Waals surface area contributed by atoms with Gasteiger partial charge in [-0.05, 0) is 62.9 Å². The molecule has 1 unspecified atom stereocenters. The van der Waals surface area contributed by atoms with Gasteiger partial charge in [-0.2, -0.15) is 4.31 Å². The molecule has 0 saturated carbocycles. The molecule has 1 aliphatic rings. The number of sulfonamides is 1. The van der Waals surface area contributed by atoms with Gasteiger partial charge in [0.15, 0.2) is 0 Å². The molecule has 1 amide bonds. The normalized spacial score (nSPS) is 16.3. The number of carbonyl (C=O) groups excluding carboxylic acids is 1. The van der Waals surface area contributed by atoms with Gasteiger partial charge in [-0.15, -0.1) is 0 Å². The van der Waals surface area contributed by atoms with Crippen LogP contribution in [0.4, 0.5) is 0 Å². The Hall–Kier alpha value is -2.18. The van der Waals surface area contributed by atoms with Crippen LogP contribution in [0.2, 0.25) is 0 Å². The first kappa shape index (κ1) is 19.6. The summed E-state index contributed by atoms with van der Waals surface area (Å²) in [6.07, 6.45) is 1.76. The van der Waals surface area contributed by atoms with Crippen molar-refractivity contribution in [1.29, 1.82) is 0 Å². The van der Waals surface area contributed by atoms with Crippen LogP contribution in [0.3, 0.4) is 0 Å². The molecule has 2 aromatic rings. The molecular weight excluding hydrogens is 360 g/mol. The molecule has 1 aliphatic heterocycles. The summed E-state index contributed by atoms with van der Waals surface area (Å²) in [5, 5.41) is 2.98. The number of nitrogens with one attached hydrogen (secondary N) is 1. The van der Waals surface area contributed by atoms with Gasteiger partial charge in [-0.25, -0.2) is 8.42 Å². The molecule has 0 bridgehead atoms. The highest BCUT2D eigenvalue weighted by atomic mass is 32.2. The zero-order valence-electron chi connectivity index (χ0n) is 16.0. The molecule has 5 nitrogen and oxygen atoms in total. The van der Waals surface area contributed by atoms with Gasteiger partial charge < -0.3 is 5.32 Å². The van der Waals surface area contributed by atoms with E-state index >= 15 is 0 Å². The molecule has 2 aromatic carbocycles. The Morgan fingerprint density at radius 2 is 1.78 bits per heavy atom. The summed E-state index contributed by atoms with van der Waals surface area (Å²) in [7, 11) is -3.53. The van der Waals surface area contributed by atoms with E-state index in [2.05, 4.69) is 11.4 Å². The van der Waals surface area contributed by atoms with Crippen molar-refractivity contribution in [3.8, 4) is 0 Å². The van der Waals surface area contributed by atoms with E-state index in [0.29, 0.717) is 18.7 Å². The molecule has 0 aliphatic carbocycles. The Kier molecular flexibility index (Phi) is 5.67. The lowest BCUT2D eigenvalue weighted by Crippen LogP contribution is -2.29. The maximum atomic E-state index is 12.7. The van der Waals surface area contributed by atoms with Crippen LogP contribution in [0, 0.1) is 13.8 Å². The third-order valence-electron chi connectivity index (χ3n) is 5.05. The Morgan fingerprint density at radius 3 is 2.48 bits per heavy atom. The van der Waals surface area contributed by atoms with Gasteiger partial charge in [0.25, 0.3) is 5.91 Å². The second-order valence-corrected chi connectivity index (χ2v) is 9.13. The zero-order valence-corrected chi connectivity index (χ0v) is 16.8. The van der Waals surface area contributed by atoms with Crippen LogP contribution in [-0.4, -0.2) is 31.7 Å². The standard InChI is InChI=1S/C21H26N2O3S/c1-15-9-10-16(2)20(13-15)17(3)22-21(24)18-7-6-8-19(14-18)27(25,26)23-11-4-5-12-23/h6-10,13-14,17H,4-5,11-12H2,1-3H3,(H,22,24). The topological polar surface area (TPSA) is 66.5 Å². The Bertz CT molecular complexity index is 948. The molecule has 0 radical (unpaired) electrons. The van der Waals surface area contributed by atoms with E-state index in [1.54, 1.807) is 18.2 Å². The fourth-order valence-corrected chi connectivity index (χ4v) is 5.02. The Morgan fingerprint density at radius 1 is 1.07 bits per heavy atom. The minimum atomic E-state index is -3.53. The van der Waals surface area contributed by atoms with Crippen molar-refractivity contribution in [2.75, 3.05) is 13.1 Å².